The fourth-order valence-electron chi connectivity index (χ4n) is 3.19. The number of quaternary nitrogens is 1. The molecule has 3 nitrogen and oxygen atoms in total. The lowest BCUT2D eigenvalue weighted by atomic mass is 10.3. The first-order valence-corrected chi connectivity index (χ1v) is 7.58. The number of aromatic nitrogens is 2. The topological polar surface area (TPSA) is 13.2 Å². The van der Waals surface area contributed by atoms with Gasteiger partial charge in [-0.2, -0.15) is 0 Å². The Hall–Kier alpha value is 0.110. The van der Waals surface area contributed by atoms with E-state index < -0.39 is 0 Å². The van der Waals surface area contributed by atoms with Gasteiger partial charge in [-0.3, -0.25) is 0 Å². The van der Waals surface area contributed by atoms with Crippen LogP contribution in [-0.2, 0) is 6.54 Å². The number of nitrogens with one attached hydrogen (secondary N) is 1. The van der Waals surface area contributed by atoms with Crippen LogP contribution in [0.5, 0.6) is 0 Å². The molecule has 1 aliphatic rings. The minimum Gasteiger partial charge on any atom is -1.00 e. The quantitative estimate of drug-likeness (QED) is 0.312. The lowest BCUT2D eigenvalue weighted by Gasteiger charge is -2.09. The van der Waals surface area contributed by atoms with E-state index in [-0.39, 0.29) is 48.0 Å². The van der Waals surface area contributed by atoms with Gasteiger partial charge in [-0.15, -0.1) is 0 Å². The Kier molecular flexibility index (Phi) is 7.91. The highest BCUT2D eigenvalue weighted by molar-refractivity contribution is 5.71. The molecule has 5 heteroatoms. The Balaban J connectivity index is 0.00000110. The van der Waals surface area contributed by atoms with E-state index >= 15 is 0 Å². The third kappa shape index (κ3) is 4.31. The van der Waals surface area contributed by atoms with Crippen molar-refractivity contribution in [3.8, 4) is 0 Å². The first-order valence-electron chi connectivity index (χ1n) is 7.58. The standard InChI is InChI=1S/C16H24N3.2HI/c1-14(2)19-13-18(12-11-17-9-5-6-10-17)15-7-3-4-8-16(15)19;;/h3-4,7-8,13-14H,5-6,9-12H2,1-2H3;2*1H/q+1;;/p-1. The summed E-state index contributed by atoms with van der Waals surface area (Å²) < 4.78 is 4.81. The molecule has 21 heavy (non-hydrogen) atoms. The summed E-state index contributed by atoms with van der Waals surface area (Å²) in [6, 6.07) is 9.27. The largest absolute Gasteiger partial charge is 1.00 e. The van der Waals surface area contributed by atoms with Crippen LogP contribution in [0.3, 0.4) is 0 Å². The molecule has 1 saturated heterocycles. The second kappa shape index (κ2) is 8.67. The molecule has 118 valence electrons. The van der Waals surface area contributed by atoms with Crippen molar-refractivity contribution in [2.75, 3.05) is 19.6 Å². The third-order valence-electron chi connectivity index (χ3n) is 4.31. The van der Waals surface area contributed by atoms with Gasteiger partial charge in [0, 0.05) is 12.8 Å². The molecule has 1 fully saturated rings. The van der Waals surface area contributed by atoms with Crippen LogP contribution in [0.2, 0.25) is 0 Å². The van der Waals surface area contributed by atoms with Gasteiger partial charge in [0.1, 0.15) is 13.1 Å². The summed E-state index contributed by atoms with van der Waals surface area (Å²) in [6.45, 7) is 9.63. The lowest BCUT2D eigenvalue weighted by Crippen LogP contribution is -3.10. The number of imidazole rings is 1. The van der Waals surface area contributed by atoms with Crippen LogP contribution in [0.25, 0.3) is 11.0 Å². The number of hydrogen-bond donors (Lipinski definition) is 1. The molecule has 0 spiro atoms. The maximum Gasteiger partial charge on any atom is 0.245 e. The Bertz CT molecular complexity index is 560. The fraction of sp³-hybridized carbons (Fsp3) is 0.562. The van der Waals surface area contributed by atoms with Crippen molar-refractivity contribution in [3.05, 3.63) is 30.6 Å². The Morgan fingerprint density at radius 1 is 1.14 bits per heavy atom. The highest BCUT2D eigenvalue weighted by Gasteiger charge is 2.20. The zero-order valence-electron chi connectivity index (χ0n) is 12.9. The number of fused-ring (bicyclic) bond motifs is 1. The zero-order valence-corrected chi connectivity index (χ0v) is 17.2. The lowest BCUT2D eigenvalue weighted by molar-refractivity contribution is -0.906. The molecular formula is C16H25I2N3. The molecule has 2 aromatic rings. The van der Waals surface area contributed by atoms with Gasteiger partial charge in [0.25, 0.3) is 0 Å². The number of benzene rings is 1. The van der Waals surface area contributed by atoms with Crippen LogP contribution >= 0.6 is 0 Å². The molecule has 0 amide bonds. The average molecular weight is 513 g/mol. The van der Waals surface area contributed by atoms with E-state index in [0.717, 1.165) is 6.54 Å². The summed E-state index contributed by atoms with van der Waals surface area (Å²) in [5.74, 6) is 0. The van der Waals surface area contributed by atoms with Gasteiger partial charge in [-0.05, 0) is 26.0 Å². The molecule has 2 heterocycles. The van der Waals surface area contributed by atoms with Crippen molar-refractivity contribution in [2.24, 2.45) is 0 Å². The van der Waals surface area contributed by atoms with Crippen LogP contribution in [-0.4, -0.2) is 24.2 Å². The van der Waals surface area contributed by atoms with Crippen LogP contribution < -0.4 is 57.4 Å². The number of para-hydroxylation sites is 2. The molecule has 3 rings (SSSR count). The molecule has 1 N–H and O–H groups in total. The van der Waals surface area contributed by atoms with Gasteiger partial charge in [0.05, 0.1) is 19.1 Å². The van der Waals surface area contributed by atoms with Crippen LogP contribution in [0.1, 0.15) is 32.7 Å². The normalized spacial score (nSPS) is 15.2. The van der Waals surface area contributed by atoms with Crippen molar-refractivity contribution < 1.29 is 57.4 Å². The van der Waals surface area contributed by atoms with Gasteiger partial charge >= 0.3 is 0 Å². The zero-order chi connectivity index (χ0) is 13.2. The van der Waals surface area contributed by atoms with Gasteiger partial charge in [0.15, 0.2) is 11.0 Å². The molecule has 0 aliphatic carbocycles. The minimum absolute atomic E-state index is 0. The van der Waals surface area contributed by atoms with Crippen molar-refractivity contribution in [3.63, 3.8) is 0 Å². The van der Waals surface area contributed by atoms with E-state index in [1.54, 1.807) is 4.90 Å². The number of halogens is 2. The van der Waals surface area contributed by atoms with E-state index in [1.165, 1.54) is 43.5 Å². The maximum atomic E-state index is 2.43. The van der Waals surface area contributed by atoms with Crippen LogP contribution in [0.15, 0.2) is 30.6 Å². The van der Waals surface area contributed by atoms with Crippen molar-refractivity contribution >= 4 is 11.0 Å². The maximum absolute atomic E-state index is 2.43. The molecular weight excluding hydrogens is 488 g/mol. The molecule has 1 aliphatic heterocycles. The first-order chi connectivity index (χ1) is 9.25. The second-order valence-corrected chi connectivity index (χ2v) is 6.01. The number of rotatable bonds is 4. The van der Waals surface area contributed by atoms with E-state index in [9.17, 15) is 0 Å². The summed E-state index contributed by atoms with van der Waals surface area (Å²) in [4.78, 5) is 1.77. The highest BCUT2D eigenvalue weighted by Crippen LogP contribution is 2.15. The molecule has 1 aromatic heterocycles. The van der Waals surface area contributed by atoms with Gasteiger partial charge < -0.3 is 52.9 Å². The van der Waals surface area contributed by atoms with E-state index in [4.69, 9.17) is 0 Å². The summed E-state index contributed by atoms with van der Waals surface area (Å²) >= 11 is 0. The van der Waals surface area contributed by atoms with Gasteiger partial charge in [0.2, 0.25) is 6.33 Å². The van der Waals surface area contributed by atoms with Crippen molar-refractivity contribution in [1.29, 1.82) is 0 Å². The SMILES string of the molecule is CC(C)n1c[n+](CC[NH+]2CCCC2)c2ccccc21.[I-].[I-]. The molecule has 0 bridgehead atoms. The van der Waals surface area contributed by atoms with Gasteiger partial charge in [-0.1, -0.05) is 12.1 Å². The van der Waals surface area contributed by atoms with Crippen LogP contribution in [0.4, 0.5) is 0 Å². The Morgan fingerprint density at radius 2 is 1.81 bits per heavy atom. The Labute approximate surface area is 161 Å². The molecule has 0 saturated carbocycles. The monoisotopic (exact) mass is 513 g/mol. The molecule has 0 atom stereocenters. The number of hydrogen-bond acceptors (Lipinski definition) is 0. The first kappa shape index (κ1) is 19.2. The fourth-order valence-corrected chi connectivity index (χ4v) is 3.19. The van der Waals surface area contributed by atoms with Crippen molar-refractivity contribution in [1.82, 2.24) is 4.57 Å². The Morgan fingerprint density at radius 3 is 2.48 bits per heavy atom. The second-order valence-electron chi connectivity index (χ2n) is 6.01. The van der Waals surface area contributed by atoms with Crippen LogP contribution in [0, 0.1) is 0 Å². The summed E-state index contributed by atoms with van der Waals surface area (Å²) in [6.07, 6.45) is 5.12. The average Bonchev–Trinajstić information content (AvgIpc) is 3.04. The minimum atomic E-state index is 0. The summed E-state index contributed by atoms with van der Waals surface area (Å²) in [5, 5.41) is 0. The number of likely N-dealkylation sites (tertiary alicyclic amines) is 1. The van der Waals surface area contributed by atoms with Gasteiger partial charge in [-0.25, -0.2) is 9.13 Å². The number of nitrogens with zero attached hydrogens (tertiary/aromatic N) is 2. The predicted octanol–water partition coefficient (Wildman–Crippen LogP) is -4.80. The highest BCUT2D eigenvalue weighted by atomic mass is 127. The summed E-state index contributed by atoms with van der Waals surface area (Å²) in [5.41, 5.74) is 2.73. The van der Waals surface area contributed by atoms with E-state index in [1.807, 2.05) is 0 Å². The summed E-state index contributed by atoms with van der Waals surface area (Å²) in [7, 11) is 0. The molecule has 1 aromatic carbocycles. The molecule has 0 radical (unpaired) electrons. The smallest absolute Gasteiger partial charge is 0.245 e. The van der Waals surface area contributed by atoms with E-state index in [2.05, 4.69) is 53.6 Å². The van der Waals surface area contributed by atoms with Crippen molar-refractivity contribution in [2.45, 2.75) is 39.3 Å². The molecule has 0 unspecified atom stereocenters. The third-order valence-corrected chi connectivity index (χ3v) is 4.31. The van der Waals surface area contributed by atoms with E-state index in [0.29, 0.717) is 6.04 Å². The predicted molar refractivity (Wildman–Crippen MR) is 77.3 cm³/mol.